The standard InChI is InChI=1S/C14H21ClN6S/c1-9-13(15)11(3)21(19-9)7-5-6-16-14(22)18-12-8-17-20(4)10(12)2/h8H,5-7H2,1-4H3,(H2,16,18,22). The average molecular weight is 341 g/mol. The first-order valence-electron chi connectivity index (χ1n) is 7.13. The summed E-state index contributed by atoms with van der Waals surface area (Å²) in [6.07, 6.45) is 2.67. The van der Waals surface area contributed by atoms with Gasteiger partial charge in [-0.3, -0.25) is 9.36 Å². The van der Waals surface area contributed by atoms with Gasteiger partial charge < -0.3 is 10.6 Å². The number of anilines is 1. The summed E-state index contributed by atoms with van der Waals surface area (Å²) in [5.74, 6) is 0. The fourth-order valence-corrected chi connectivity index (χ4v) is 2.46. The Morgan fingerprint density at radius 3 is 2.59 bits per heavy atom. The van der Waals surface area contributed by atoms with E-state index < -0.39 is 0 Å². The van der Waals surface area contributed by atoms with Crippen molar-refractivity contribution in [2.24, 2.45) is 7.05 Å². The molecule has 0 atom stereocenters. The Bertz CT molecular complexity index is 675. The van der Waals surface area contributed by atoms with Crippen LogP contribution >= 0.6 is 23.8 Å². The molecule has 0 unspecified atom stereocenters. The van der Waals surface area contributed by atoms with E-state index in [0.717, 1.165) is 47.3 Å². The zero-order valence-electron chi connectivity index (χ0n) is 13.3. The maximum absolute atomic E-state index is 6.13. The highest BCUT2D eigenvalue weighted by molar-refractivity contribution is 7.80. The maximum atomic E-state index is 6.13. The van der Waals surface area contributed by atoms with Crippen LogP contribution in [0.1, 0.15) is 23.5 Å². The number of nitrogens with one attached hydrogen (secondary N) is 2. The molecule has 8 heteroatoms. The van der Waals surface area contributed by atoms with Gasteiger partial charge in [0.25, 0.3) is 0 Å². The van der Waals surface area contributed by atoms with E-state index >= 15 is 0 Å². The molecule has 120 valence electrons. The lowest BCUT2D eigenvalue weighted by Crippen LogP contribution is -2.30. The van der Waals surface area contributed by atoms with Crippen molar-refractivity contribution in [2.75, 3.05) is 11.9 Å². The van der Waals surface area contributed by atoms with Crippen LogP contribution in [0, 0.1) is 20.8 Å². The van der Waals surface area contributed by atoms with Crippen molar-refractivity contribution >= 4 is 34.6 Å². The molecule has 0 fully saturated rings. The fraction of sp³-hybridized carbons (Fsp3) is 0.500. The molecule has 22 heavy (non-hydrogen) atoms. The minimum Gasteiger partial charge on any atom is -0.362 e. The van der Waals surface area contributed by atoms with Crippen LogP contribution in [0.5, 0.6) is 0 Å². The Balaban J connectivity index is 1.75. The summed E-state index contributed by atoms with van der Waals surface area (Å²) >= 11 is 11.4. The molecule has 0 aliphatic carbocycles. The number of halogens is 1. The van der Waals surface area contributed by atoms with Gasteiger partial charge in [0.15, 0.2) is 5.11 Å². The normalized spacial score (nSPS) is 10.8. The van der Waals surface area contributed by atoms with E-state index in [4.69, 9.17) is 23.8 Å². The molecule has 2 N–H and O–H groups in total. The minimum absolute atomic E-state index is 0.600. The van der Waals surface area contributed by atoms with Gasteiger partial charge in [-0.05, 0) is 39.4 Å². The van der Waals surface area contributed by atoms with Gasteiger partial charge >= 0.3 is 0 Å². The molecule has 0 aliphatic rings. The molecule has 0 amide bonds. The lowest BCUT2D eigenvalue weighted by Gasteiger charge is -2.10. The fourth-order valence-electron chi connectivity index (χ4n) is 2.11. The van der Waals surface area contributed by atoms with Gasteiger partial charge in [-0.15, -0.1) is 0 Å². The molecule has 0 aromatic carbocycles. The van der Waals surface area contributed by atoms with Crippen LogP contribution in [0.3, 0.4) is 0 Å². The Kier molecular flexibility index (Phi) is 5.42. The second-order valence-electron chi connectivity index (χ2n) is 5.21. The van der Waals surface area contributed by atoms with Crippen molar-refractivity contribution in [3.63, 3.8) is 0 Å². The third-order valence-corrected chi connectivity index (χ3v) is 4.40. The van der Waals surface area contributed by atoms with Crippen LogP contribution in [0.25, 0.3) is 0 Å². The number of thiocarbonyl (C=S) groups is 1. The third kappa shape index (κ3) is 3.78. The minimum atomic E-state index is 0.600. The Hall–Kier alpha value is -1.60. The molecule has 0 bridgehead atoms. The quantitative estimate of drug-likeness (QED) is 0.647. The van der Waals surface area contributed by atoms with Crippen molar-refractivity contribution in [1.29, 1.82) is 0 Å². The summed E-state index contributed by atoms with van der Waals surface area (Å²) in [4.78, 5) is 0. The van der Waals surface area contributed by atoms with E-state index in [9.17, 15) is 0 Å². The van der Waals surface area contributed by atoms with E-state index in [1.807, 2.05) is 32.5 Å². The van der Waals surface area contributed by atoms with Crippen molar-refractivity contribution < 1.29 is 0 Å². The van der Waals surface area contributed by atoms with Crippen LogP contribution in [0.2, 0.25) is 5.02 Å². The summed E-state index contributed by atoms with van der Waals surface area (Å²) in [5, 5.41) is 16.3. The van der Waals surface area contributed by atoms with Crippen molar-refractivity contribution in [1.82, 2.24) is 24.9 Å². The van der Waals surface area contributed by atoms with Gasteiger partial charge in [0.05, 0.1) is 34.0 Å². The zero-order chi connectivity index (χ0) is 16.3. The van der Waals surface area contributed by atoms with E-state index in [0.29, 0.717) is 5.11 Å². The summed E-state index contributed by atoms with van der Waals surface area (Å²) in [7, 11) is 1.90. The molecule has 0 aliphatic heterocycles. The summed E-state index contributed by atoms with van der Waals surface area (Å²) in [6, 6.07) is 0. The van der Waals surface area contributed by atoms with Gasteiger partial charge in [0.2, 0.25) is 0 Å². The number of aromatic nitrogens is 4. The van der Waals surface area contributed by atoms with Crippen LogP contribution in [-0.2, 0) is 13.6 Å². The first kappa shape index (κ1) is 16.8. The highest BCUT2D eigenvalue weighted by atomic mass is 35.5. The Morgan fingerprint density at radius 1 is 1.32 bits per heavy atom. The topological polar surface area (TPSA) is 59.7 Å². The summed E-state index contributed by atoms with van der Waals surface area (Å²) < 4.78 is 3.73. The van der Waals surface area contributed by atoms with Crippen molar-refractivity contribution in [3.05, 3.63) is 28.3 Å². The lowest BCUT2D eigenvalue weighted by atomic mass is 10.4. The van der Waals surface area contributed by atoms with Gasteiger partial charge in [-0.25, -0.2) is 0 Å². The van der Waals surface area contributed by atoms with Gasteiger partial charge in [0.1, 0.15) is 0 Å². The highest BCUT2D eigenvalue weighted by Gasteiger charge is 2.08. The van der Waals surface area contributed by atoms with E-state index in [2.05, 4.69) is 20.8 Å². The van der Waals surface area contributed by atoms with Crippen LogP contribution < -0.4 is 10.6 Å². The van der Waals surface area contributed by atoms with Gasteiger partial charge in [0, 0.05) is 20.1 Å². The van der Waals surface area contributed by atoms with E-state index in [1.54, 1.807) is 10.9 Å². The van der Waals surface area contributed by atoms with E-state index in [-0.39, 0.29) is 0 Å². The number of rotatable bonds is 5. The molecular formula is C14H21ClN6S. The zero-order valence-corrected chi connectivity index (χ0v) is 14.8. The molecular weight excluding hydrogens is 320 g/mol. The number of hydrogen-bond donors (Lipinski definition) is 2. The second-order valence-corrected chi connectivity index (χ2v) is 6.00. The largest absolute Gasteiger partial charge is 0.362 e. The second kappa shape index (κ2) is 7.11. The number of aryl methyl sites for hydroxylation is 3. The predicted molar refractivity (Wildman–Crippen MR) is 93.5 cm³/mol. The van der Waals surface area contributed by atoms with Gasteiger partial charge in [-0.2, -0.15) is 10.2 Å². The molecule has 0 saturated carbocycles. The molecule has 2 heterocycles. The first-order valence-corrected chi connectivity index (χ1v) is 7.91. The van der Waals surface area contributed by atoms with Gasteiger partial charge in [-0.1, -0.05) is 11.6 Å². The number of nitrogens with zero attached hydrogens (tertiary/aromatic N) is 4. The smallest absolute Gasteiger partial charge is 0.170 e. The molecule has 2 rings (SSSR count). The molecule has 0 saturated heterocycles. The average Bonchev–Trinajstić information content (AvgIpc) is 2.92. The maximum Gasteiger partial charge on any atom is 0.170 e. The van der Waals surface area contributed by atoms with Crippen LogP contribution in [0.15, 0.2) is 6.20 Å². The van der Waals surface area contributed by atoms with Crippen molar-refractivity contribution in [3.8, 4) is 0 Å². The molecule has 2 aromatic rings. The molecule has 2 aromatic heterocycles. The first-order chi connectivity index (χ1) is 10.4. The lowest BCUT2D eigenvalue weighted by molar-refractivity contribution is 0.558. The third-order valence-electron chi connectivity index (χ3n) is 3.61. The highest BCUT2D eigenvalue weighted by Crippen LogP contribution is 2.18. The summed E-state index contributed by atoms with van der Waals surface area (Å²) in [6.45, 7) is 7.46. The SMILES string of the molecule is Cc1nn(CCCNC(=S)Nc2cnn(C)c2C)c(C)c1Cl. The monoisotopic (exact) mass is 340 g/mol. The number of hydrogen-bond acceptors (Lipinski definition) is 3. The van der Waals surface area contributed by atoms with Crippen LogP contribution in [0.4, 0.5) is 5.69 Å². The summed E-state index contributed by atoms with van der Waals surface area (Å²) in [5.41, 5.74) is 3.84. The molecule has 0 radical (unpaired) electrons. The van der Waals surface area contributed by atoms with Crippen molar-refractivity contribution in [2.45, 2.75) is 33.7 Å². The van der Waals surface area contributed by atoms with Crippen LogP contribution in [-0.4, -0.2) is 31.2 Å². The Labute approximate surface area is 140 Å². The molecule has 0 spiro atoms. The van der Waals surface area contributed by atoms with E-state index in [1.165, 1.54) is 0 Å². The predicted octanol–water partition coefficient (Wildman–Crippen LogP) is 2.57. The molecule has 6 nitrogen and oxygen atoms in total. The Morgan fingerprint density at radius 2 is 2.05 bits per heavy atom.